The summed E-state index contributed by atoms with van der Waals surface area (Å²) in [5, 5.41) is -16.4. The van der Waals surface area contributed by atoms with Crippen molar-refractivity contribution >= 4 is 23.8 Å². The Morgan fingerprint density at radius 3 is 1.20 bits per heavy atom. The highest BCUT2D eigenvalue weighted by Gasteiger charge is 2.87. The molecule has 1 rings (SSSR count). The van der Waals surface area contributed by atoms with Gasteiger partial charge in [0.2, 0.25) is 0 Å². The summed E-state index contributed by atoms with van der Waals surface area (Å²) in [6.07, 6.45) is -15.2. The molecule has 0 aliphatic carbocycles. The highest BCUT2D eigenvalue weighted by atomic mass is 32.3. The van der Waals surface area contributed by atoms with Gasteiger partial charge in [-0.15, -0.1) is 0 Å². The van der Waals surface area contributed by atoms with Gasteiger partial charge in [-0.3, -0.25) is 4.21 Å². The van der Waals surface area contributed by atoms with Crippen LogP contribution in [0, 0.1) is 0 Å². The summed E-state index contributed by atoms with van der Waals surface area (Å²) in [5.41, 5.74) is 0. The fraction of sp³-hybridized carbons (Fsp3) is 0.600. The number of sulfone groups is 1. The first-order chi connectivity index (χ1) is 17.2. The number of pyridine rings is 1. The Balaban J connectivity index is 4.32. The first-order valence-electron chi connectivity index (χ1n) is 8.90. The first-order valence-corrected chi connectivity index (χ1v) is 11.9. The lowest BCUT2D eigenvalue weighted by Gasteiger charge is -2.39. The number of aromatic nitrogens is 1. The minimum Gasteiger partial charge on any atom is -0.772 e. The van der Waals surface area contributed by atoms with E-state index in [0.29, 0.717) is 12.1 Å². The van der Waals surface area contributed by atoms with Crippen LogP contribution in [-0.4, -0.2) is 67.9 Å². The van der Waals surface area contributed by atoms with E-state index >= 15 is 0 Å². The second kappa shape index (κ2) is 9.69. The molecule has 40 heavy (non-hydrogen) atoms. The summed E-state index contributed by atoms with van der Waals surface area (Å²) in [4.78, 5) is 0. The van der Waals surface area contributed by atoms with E-state index in [1.165, 1.54) is 0 Å². The summed E-state index contributed by atoms with van der Waals surface area (Å²) in [6, 6.07) is 2.00. The van der Waals surface area contributed by atoms with Gasteiger partial charge in [0, 0.05) is 21.9 Å². The van der Waals surface area contributed by atoms with Crippen molar-refractivity contribution in [3.05, 3.63) is 30.6 Å². The zero-order valence-corrected chi connectivity index (χ0v) is 19.4. The fourth-order valence-electron chi connectivity index (χ4n) is 2.35. The second-order valence-electron chi connectivity index (χ2n) is 7.25. The minimum atomic E-state index is -8.78. The zero-order chi connectivity index (χ0) is 32.4. The molecule has 0 amide bonds. The summed E-state index contributed by atoms with van der Waals surface area (Å²) < 4.78 is 282. The number of halogens is 18. The molecule has 0 aromatic carbocycles. The van der Waals surface area contributed by atoms with Crippen molar-refractivity contribution in [2.75, 3.05) is 0 Å². The highest BCUT2D eigenvalue weighted by molar-refractivity contribution is 8.22. The lowest BCUT2D eigenvalue weighted by Crippen LogP contribution is -2.67. The van der Waals surface area contributed by atoms with Gasteiger partial charge < -0.3 is 4.55 Å². The third-order valence-corrected chi connectivity index (χ3v) is 9.23. The number of alkyl halides is 18. The van der Waals surface area contributed by atoms with Gasteiger partial charge in [0.1, 0.15) is 0 Å². The first kappa shape index (κ1) is 35.8. The topological polar surface area (TPSA) is 78.2 Å². The Bertz CT molecular complexity index is 1320. The van der Waals surface area contributed by atoms with Crippen LogP contribution in [0.15, 0.2) is 30.6 Å². The van der Waals surface area contributed by atoms with E-state index in [1.54, 1.807) is 0 Å². The SMILES string of the molecule is O=S(=O)(C(C[n+]1ccccc1)=S(=O)([O-])C(F)(F)C(F)(F)C(F)(F)C(F)(F)F)C(F)(F)C(F)(F)C(F)(F)C(F)(F)F. The van der Waals surface area contributed by atoms with Gasteiger partial charge in [0.05, 0.1) is 0 Å². The maximum atomic E-state index is 14.2. The van der Waals surface area contributed by atoms with E-state index in [9.17, 15) is 96.2 Å². The van der Waals surface area contributed by atoms with E-state index in [4.69, 9.17) is 0 Å². The van der Waals surface area contributed by atoms with Crippen LogP contribution in [0.5, 0.6) is 0 Å². The van der Waals surface area contributed by atoms with Crippen molar-refractivity contribution in [3.63, 3.8) is 0 Å². The van der Waals surface area contributed by atoms with Crippen LogP contribution in [0.4, 0.5) is 79.0 Å². The average Bonchev–Trinajstić information content (AvgIpc) is 2.75. The van der Waals surface area contributed by atoms with Crippen LogP contribution in [0.2, 0.25) is 0 Å². The lowest BCUT2D eigenvalue weighted by atomic mass is 10.1. The molecule has 1 atom stereocenters. The largest absolute Gasteiger partial charge is 0.772 e. The Morgan fingerprint density at radius 1 is 0.550 bits per heavy atom. The van der Waals surface area contributed by atoms with Crippen LogP contribution in [-0.2, 0) is 26.2 Å². The molecule has 0 spiro atoms. The van der Waals surface area contributed by atoms with Crippen molar-refractivity contribution in [1.82, 2.24) is 0 Å². The summed E-state index contributed by atoms with van der Waals surface area (Å²) >= 11 is 0. The molecule has 25 heteroatoms. The standard InChI is InChI=1S/C15H7F18NO4S2/c16-8(17,12(24,25)26)10(20,21)14(30,31)39(35,36)7(6-34-4-2-1-3-5-34)40(37,38)15(32,33)11(22,23)9(18,19)13(27,28)29/h1-5H,6H2. The molecule has 0 radical (unpaired) electrons. The number of nitrogens with zero attached hydrogens (tertiary/aromatic N) is 1. The van der Waals surface area contributed by atoms with E-state index in [1.807, 2.05) is 0 Å². The third-order valence-electron chi connectivity index (χ3n) is 4.60. The molecule has 234 valence electrons. The lowest BCUT2D eigenvalue weighted by molar-refractivity contribution is -0.681. The third kappa shape index (κ3) is 4.93. The van der Waals surface area contributed by atoms with E-state index < -0.39 is 76.9 Å². The van der Waals surface area contributed by atoms with Gasteiger partial charge in [0.25, 0.3) is 9.84 Å². The second-order valence-corrected chi connectivity index (χ2v) is 11.5. The number of hydrogen-bond acceptors (Lipinski definition) is 4. The van der Waals surface area contributed by atoms with E-state index in [2.05, 4.69) is 0 Å². The fourth-order valence-corrected chi connectivity index (χ4v) is 6.27. The van der Waals surface area contributed by atoms with Gasteiger partial charge in [-0.2, -0.15) is 83.6 Å². The Labute approximate surface area is 209 Å². The molecule has 0 aliphatic rings. The summed E-state index contributed by atoms with van der Waals surface area (Å²) in [5.74, 6) is -33.0. The maximum Gasteiger partial charge on any atom is 0.460 e. The maximum absolute atomic E-state index is 14.2. The van der Waals surface area contributed by atoms with Crippen LogP contribution in [0.1, 0.15) is 0 Å². The molecule has 0 saturated carbocycles. The van der Waals surface area contributed by atoms with Crippen molar-refractivity contribution in [2.45, 2.75) is 53.1 Å². The molecule has 0 fully saturated rings. The molecule has 0 bridgehead atoms. The number of hydrogen-bond donors (Lipinski definition) is 0. The molecule has 1 aromatic rings. The van der Waals surface area contributed by atoms with Gasteiger partial charge >= 0.3 is 46.6 Å². The molecule has 5 nitrogen and oxygen atoms in total. The van der Waals surface area contributed by atoms with Gasteiger partial charge in [-0.25, -0.2) is 8.42 Å². The quantitative estimate of drug-likeness (QED) is 0.227. The van der Waals surface area contributed by atoms with Crippen molar-refractivity contribution < 1.29 is 101 Å². The Morgan fingerprint density at radius 2 is 0.875 bits per heavy atom. The van der Waals surface area contributed by atoms with Crippen molar-refractivity contribution in [3.8, 4) is 0 Å². The van der Waals surface area contributed by atoms with Crippen molar-refractivity contribution in [2.24, 2.45) is 0 Å². The summed E-state index contributed by atoms with van der Waals surface area (Å²) in [7, 11) is -17.6. The highest BCUT2D eigenvalue weighted by Crippen LogP contribution is 2.57. The van der Waals surface area contributed by atoms with Crippen molar-refractivity contribution in [1.29, 1.82) is 0 Å². The van der Waals surface area contributed by atoms with Gasteiger partial charge in [-0.1, -0.05) is 6.07 Å². The number of rotatable bonds is 8. The predicted octanol–water partition coefficient (Wildman–Crippen LogP) is 4.79. The van der Waals surface area contributed by atoms with Crippen LogP contribution in [0.25, 0.3) is 0 Å². The smallest absolute Gasteiger partial charge is 0.460 e. The average molecular weight is 671 g/mol. The minimum absolute atomic E-state index is 0.201. The Hall–Kier alpha value is -2.18. The summed E-state index contributed by atoms with van der Waals surface area (Å²) in [6.45, 7) is -2.93. The Kier molecular flexibility index (Phi) is 8.68. The monoisotopic (exact) mass is 671 g/mol. The molecular weight excluding hydrogens is 664 g/mol. The zero-order valence-electron chi connectivity index (χ0n) is 17.8. The predicted molar refractivity (Wildman–Crippen MR) is 91.3 cm³/mol. The molecule has 1 aromatic heterocycles. The molecule has 0 aliphatic heterocycles. The molecule has 0 saturated heterocycles. The molecule has 1 heterocycles. The molecule has 0 N–H and O–H groups in total. The van der Waals surface area contributed by atoms with Crippen LogP contribution >= 0.6 is 0 Å². The molecular formula is C15H7F18NO4S2. The van der Waals surface area contributed by atoms with E-state index in [-0.39, 0.29) is 17.0 Å². The van der Waals surface area contributed by atoms with E-state index in [0.717, 1.165) is 6.07 Å². The van der Waals surface area contributed by atoms with Gasteiger partial charge in [-0.05, 0) is 0 Å². The van der Waals surface area contributed by atoms with Gasteiger partial charge in [0.15, 0.2) is 23.1 Å². The molecule has 1 unspecified atom stereocenters. The van der Waals surface area contributed by atoms with Crippen LogP contribution in [0.3, 0.4) is 0 Å². The normalized spacial score (nSPS) is 17.0. The van der Waals surface area contributed by atoms with Crippen LogP contribution < -0.4 is 4.57 Å².